The van der Waals surface area contributed by atoms with Gasteiger partial charge in [0.05, 0.1) is 22.8 Å². The van der Waals surface area contributed by atoms with Crippen LogP contribution in [0.15, 0.2) is 22.7 Å². The van der Waals surface area contributed by atoms with Gasteiger partial charge in [0, 0.05) is 17.0 Å². The van der Waals surface area contributed by atoms with Crippen molar-refractivity contribution in [2.45, 2.75) is 63.6 Å². The first-order valence-electron chi connectivity index (χ1n) is 9.77. The van der Waals surface area contributed by atoms with Gasteiger partial charge in [0.25, 0.3) is 0 Å². The second kappa shape index (κ2) is 6.85. The Hall–Kier alpha value is -1.03. The molecule has 0 saturated heterocycles. The zero-order chi connectivity index (χ0) is 17.7. The molecule has 26 heavy (non-hydrogen) atoms. The molecule has 2 bridgehead atoms. The van der Waals surface area contributed by atoms with E-state index >= 15 is 0 Å². The van der Waals surface area contributed by atoms with Gasteiger partial charge in [0.1, 0.15) is 11.5 Å². The van der Waals surface area contributed by atoms with Crippen LogP contribution in [0.5, 0.6) is 0 Å². The highest BCUT2D eigenvalue weighted by Gasteiger charge is 2.40. The summed E-state index contributed by atoms with van der Waals surface area (Å²) in [6, 6.07) is 5.55. The number of fused-ring (bicyclic) bond motifs is 2. The fourth-order valence-electron chi connectivity index (χ4n) is 4.90. The standard InChI is InChI=1S/C21H23Cl2NO2/c22-16-5-2-6-17(23)18(16)19-15(21(26-24-19)14-9-10-14)11-25-20-12-3-1-4-13(20)8-7-12/h2,5-6,12-14,20H,1,3-4,7-11H2. The average Bonchev–Trinajstić information content (AvgIpc) is 3.35. The molecular weight excluding hydrogens is 369 g/mol. The number of aromatic nitrogens is 1. The summed E-state index contributed by atoms with van der Waals surface area (Å²) in [6.07, 6.45) is 9.32. The second-order valence-electron chi connectivity index (χ2n) is 8.05. The SMILES string of the molecule is Clc1cccc(Cl)c1-c1noc(C2CC2)c1COC1C2CCCC1CC2. The quantitative estimate of drug-likeness (QED) is 0.574. The summed E-state index contributed by atoms with van der Waals surface area (Å²) in [5, 5.41) is 5.57. The number of hydrogen-bond donors (Lipinski definition) is 0. The summed E-state index contributed by atoms with van der Waals surface area (Å²) < 4.78 is 12.2. The maximum atomic E-state index is 6.49. The fraction of sp³-hybridized carbons (Fsp3) is 0.571. The van der Waals surface area contributed by atoms with E-state index in [1.807, 2.05) is 18.2 Å². The molecule has 2 aromatic rings. The van der Waals surface area contributed by atoms with Crippen molar-refractivity contribution in [2.24, 2.45) is 11.8 Å². The summed E-state index contributed by atoms with van der Waals surface area (Å²) in [5.74, 6) is 2.90. The Labute approximate surface area is 164 Å². The summed E-state index contributed by atoms with van der Waals surface area (Å²) in [5.41, 5.74) is 2.56. The monoisotopic (exact) mass is 391 g/mol. The molecule has 0 aliphatic heterocycles. The van der Waals surface area contributed by atoms with E-state index < -0.39 is 0 Å². The average molecular weight is 392 g/mol. The van der Waals surface area contributed by atoms with Crippen molar-refractivity contribution in [3.63, 3.8) is 0 Å². The minimum absolute atomic E-state index is 0.389. The third kappa shape index (κ3) is 2.98. The predicted octanol–water partition coefficient (Wildman–Crippen LogP) is 6.62. The lowest BCUT2D eigenvalue weighted by molar-refractivity contribution is -0.0293. The molecule has 0 amide bonds. The zero-order valence-corrected chi connectivity index (χ0v) is 16.2. The van der Waals surface area contributed by atoms with Crippen LogP contribution in [0.2, 0.25) is 10.0 Å². The molecule has 138 valence electrons. The minimum atomic E-state index is 0.389. The van der Waals surface area contributed by atoms with Crippen molar-refractivity contribution in [1.29, 1.82) is 0 Å². The van der Waals surface area contributed by atoms with E-state index in [0.717, 1.165) is 47.3 Å². The van der Waals surface area contributed by atoms with Gasteiger partial charge in [-0.25, -0.2) is 0 Å². The van der Waals surface area contributed by atoms with Crippen LogP contribution in [-0.2, 0) is 11.3 Å². The molecule has 1 heterocycles. The zero-order valence-electron chi connectivity index (χ0n) is 14.7. The van der Waals surface area contributed by atoms with E-state index in [1.54, 1.807) is 0 Å². The van der Waals surface area contributed by atoms with Crippen molar-refractivity contribution in [3.05, 3.63) is 39.6 Å². The summed E-state index contributed by atoms with van der Waals surface area (Å²) in [7, 11) is 0. The molecule has 5 rings (SSSR count). The van der Waals surface area contributed by atoms with Gasteiger partial charge in [0.2, 0.25) is 0 Å². The molecule has 0 spiro atoms. The molecule has 0 radical (unpaired) electrons. The van der Waals surface area contributed by atoms with E-state index in [0.29, 0.717) is 28.7 Å². The first-order chi connectivity index (χ1) is 12.7. The van der Waals surface area contributed by atoms with Crippen molar-refractivity contribution in [2.75, 3.05) is 0 Å². The number of nitrogens with zero attached hydrogens (tertiary/aromatic N) is 1. The van der Waals surface area contributed by atoms with E-state index in [1.165, 1.54) is 32.1 Å². The Balaban J connectivity index is 1.46. The van der Waals surface area contributed by atoms with Crippen LogP contribution in [0.3, 0.4) is 0 Å². The van der Waals surface area contributed by atoms with Crippen molar-refractivity contribution in [3.8, 4) is 11.3 Å². The molecule has 3 fully saturated rings. The van der Waals surface area contributed by atoms with E-state index in [4.69, 9.17) is 32.5 Å². The highest BCUT2D eigenvalue weighted by Crippen LogP contribution is 2.48. The van der Waals surface area contributed by atoms with E-state index in [2.05, 4.69) is 5.16 Å². The molecule has 2 atom stereocenters. The molecule has 3 nitrogen and oxygen atoms in total. The molecule has 3 aliphatic carbocycles. The van der Waals surface area contributed by atoms with Gasteiger partial charge in [-0.05, 0) is 62.5 Å². The summed E-state index contributed by atoms with van der Waals surface area (Å²) in [6.45, 7) is 0.546. The Morgan fingerprint density at radius 3 is 2.35 bits per heavy atom. The van der Waals surface area contributed by atoms with Crippen LogP contribution in [0, 0.1) is 11.8 Å². The van der Waals surface area contributed by atoms with Crippen LogP contribution in [0.4, 0.5) is 0 Å². The van der Waals surface area contributed by atoms with Crippen molar-refractivity contribution < 1.29 is 9.26 Å². The molecule has 1 aromatic heterocycles. The first-order valence-corrected chi connectivity index (χ1v) is 10.5. The highest BCUT2D eigenvalue weighted by atomic mass is 35.5. The van der Waals surface area contributed by atoms with Crippen molar-refractivity contribution in [1.82, 2.24) is 5.16 Å². The van der Waals surface area contributed by atoms with Gasteiger partial charge in [-0.2, -0.15) is 0 Å². The summed E-state index contributed by atoms with van der Waals surface area (Å²) >= 11 is 12.9. The maximum absolute atomic E-state index is 6.49. The lowest BCUT2D eigenvalue weighted by atomic mass is 9.86. The highest BCUT2D eigenvalue weighted by molar-refractivity contribution is 6.39. The third-order valence-corrected chi connectivity index (χ3v) is 7.00. The minimum Gasteiger partial charge on any atom is -0.373 e. The van der Waals surface area contributed by atoms with Crippen molar-refractivity contribution >= 4 is 23.2 Å². The number of benzene rings is 1. The van der Waals surface area contributed by atoms with Crippen LogP contribution < -0.4 is 0 Å². The molecule has 1 aromatic carbocycles. The Morgan fingerprint density at radius 1 is 1.00 bits per heavy atom. The molecule has 2 unspecified atom stereocenters. The molecule has 5 heteroatoms. The van der Waals surface area contributed by atoms with Gasteiger partial charge >= 0.3 is 0 Å². The Bertz CT molecular complexity index is 778. The normalized spacial score (nSPS) is 27.8. The van der Waals surface area contributed by atoms with Gasteiger partial charge < -0.3 is 9.26 Å². The Kier molecular flexibility index (Phi) is 4.50. The number of halogens is 2. The molecule has 3 aliphatic rings. The fourth-order valence-corrected chi connectivity index (χ4v) is 5.48. The predicted molar refractivity (Wildman–Crippen MR) is 103 cm³/mol. The topological polar surface area (TPSA) is 35.3 Å². The second-order valence-corrected chi connectivity index (χ2v) is 8.86. The third-order valence-electron chi connectivity index (χ3n) is 6.37. The van der Waals surface area contributed by atoms with E-state index in [-0.39, 0.29) is 0 Å². The Morgan fingerprint density at radius 2 is 1.69 bits per heavy atom. The maximum Gasteiger partial charge on any atom is 0.145 e. The first kappa shape index (κ1) is 17.1. The van der Waals surface area contributed by atoms with Gasteiger partial charge in [-0.3, -0.25) is 0 Å². The lowest BCUT2D eigenvalue weighted by Gasteiger charge is -2.30. The molecule has 0 N–H and O–H groups in total. The summed E-state index contributed by atoms with van der Waals surface area (Å²) in [4.78, 5) is 0. The lowest BCUT2D eigenvalue weighted by Crippen LogP contribution is -2.28. The van der Waals surface area contributed by atoms with Gasteiger partial charge in [-0.15, -0.1) is 0 Å². The van der Waals surface area contributed by atoms with Crippen LogP contribution in [0.25, 0.3) is 11.3 Å². The van der Waals surface area contributed by atoms with E-state index in [9.17, 15) is 0 Å². The van der Waals surface area contributed by atoms with Gasteiger partial charge in [-0.1, -0.05) is 40.8 Å². The van der Waals surface area contributed by atoms with Crippen LogP contribution in [-0.4, -0.2) is 11.3 Å². The van der Waals surface area contributed by atoms with Crippen LogP contribution in [0.1, 0.15) is 62.2 Å². The van der Waals surface area contributed by atoms with Crippen LogP contribution >= 0.6 is 23.2 Å². The number of hydrogen-bond acceptors (Lipinski definition) is 3. The number of ether oxygens (including phenoxy) is 1. The number of rotatable bonds is 5. The van der Waals surface area contributed by atoms with Gasteiger partial charge in [0.15, 0.2) is 0 Å². The smallest absolute Gasteiger partial charge is 0.145 e. The largest absolute Gasteiger partial charge is 0.373 e. The molecule has 3 saturated carbocycles. The molecular formula is C21H23Cl2NO2.